The summed E-state index contributed by atoms with van der Waals surface area (Å²) in [5.41, 5.74) is 0. The number of carbonyl (C=O) groups is 1. The van der Waals surface area contributed by atoms with Crippen molar-refractivity contribution in [2.24, 2.45) is 0 Å². The summed E-state index contributed by atoms with van der Waals surface area (Å²) < 4.78 is 36.5. The van der Waals surface area contributed by atoms with E-state index in [2.05, 4.69) is 10.0 Å². The Morgan fingerprint density at radius 3 is 2.35 bits per heavy atom. The highest BCUT2D eigenvalue weighted by Gasteiger charge is 2.16. The number of ether oxygens (including phenoxy) is 2. The lowest BCUT2D eigenvalue weighted by Crippen LogP contribution is -2.33. The first-order chi connectivity index (χ1) is 9.40. The van der Waals surface area contributed by atoms with Crippen LogP contribution >= 0.6 is 0 Å². The summed E-state index contributed by atoms with van der Waals surface area (Å²) in [6.45, 7) is 1.70. The van der Waals surface area contributed by atoms with Crippen molar-refractivity contribution in [3.63, 3.8) is 0 Å². The molecule has 1 amide bonds. The molecule has 1 rings (SSSR count). The van der Waals surface area contributed by atoms with Gasteiger partial charge in [0, 0.05) is 26.1 Å². The van der Waals surface area contributed by atoms with Crippen LogP contribution in [0.5, 0.6) is 11.5 Å². The molecular formula is C12H18N2O5S. The van der Waals surface area contributed by atoms with Gasteiger partial charge >= 0.3 is 0 Å². The van der Waals surface area contributed by atoms with Gasteiger partial charge in [0.25, 0.3) is 0 Å². The number of hydrogen-bond donors (Lipinski definition) is 2. The zero-order valence-corrected chi connectivity index (χ0v) is 12.4. The minimum Gasteiger partial charge on any atom is -0.493 e. The van der Waals surface area contributed by atoms with Gasteiger partial charge in [-0.3, -0.25) is 4.79 Å². The molecule has 2 N–H and O–H groups in total. The first-order valence-corrected chi connectivity index (χ1v) is 7.35. The molecule has 0 fully saturated rings. The van der Waals surface area contributed by atoms with Crippen LogP contribution in [-0.4, -0.2) is 41.6 Å². The summed E-state index contributed by atoms with van der Waals surface area (Å²) in [6, 6.07) is 4.31. The Labute approximate surface area is 118 Å². The summed E-state index contributed by atoms with van der Waals surface area (Å²) in [5.74, 6) is 0.567. The van der Waals surface area contributed by atoms with Gasteiger partial charge in [-0.05, 0) is 12.1 Å². The minimum atomic E-state index is -3.65. The SMILES string of the molecule is COc1ccc(S(=O)(=O)NCCNC(C)=O)cc1OC. The van der Waals surface area contributed by atoms with E-state index in [-0.39, 0.29) is 23.9 Å². The molecule has 8 heteroatoms. The average Bonchev–Trinajstić information content (AvgIpc) is 2.42. The molecule has 112 valence electrons. The fourth-order valence-corrected chi connectivity index (χ4v) is 2.54. The van der Waals surface area contributed by atoms with Crippen LogP contribution in [0, 0.1) is 0 Å². The molecule has 0 bridgehead atoms. The van der Waals surface area contributed by atoms with Gasteiger partial charge < -0.3 is 14.8 Å². The highest BCUT2D eigenvalue weighted by atomic mass is 32.2. The molecule has 0 heterocycles. The Bertz CT molecular complexity index is 571. The second kappa shape index (κ2) is 7.11. The van der Waals surface area contributed by atoms with E-state index < -0.39 is 10.0 Å². The van der Waals surface area contributed by atoms with Gasteiger partial charge in [-0.25, -0.2) is 13.1 Å². The maximum Gasteiger partial charge on any atom is 0.240 e. The number of sulfonamides is 1. The number of carbonyl (C=O) groups excluding carboxylic acids is 1. The van der Waals surface area contributed by atoms with Gasteiger partial charge in [0.1, 0.15) is 0 Å². The molecule has 0 unspecified atom stereocenters. The number of rotatable bonds is 7. The predicted molar refractivity (Wildman–Crippen MR) is 73.4 cm³/mol. The number of hydrogen-bond acceptors (Lipinski definition) is 5. The average molecular weight is 302 g/mol. The van der Waals surface area contributed by atoms with E-state index in [1.807, 2.05) is 0 Å². The number of nitrogens with one attached hydrogen (secondary N) is 2. The molecule has 0 aliphatic rings. The van der Waals surface area contributed by atoms with Crippen LogP contribution in [0.1, 0.15) is 6.92 Å². The van der Waals surface area contributed by atoms with Crippen molar-refractivity contribution in [2.75, 3.05) is 27.3 Å². The van der Waals surface area contributed by atoms with Crippen molar-refractivity contribution in [1.29, 1.82) is 0 Å². The molecule has 0 aliphatic heterocycles. The Balaban J connectivity index is 2.79. The molecule has 0 aromatic heterocycles. The first-order valence-electron chi connectivity index (χ1n) is 5.87. The van der Waals surface area contributed by atoms with E-state index in [4.69, 9.17) is 9.47 Å². The summed E-state index contributed by atoms with van der Waals surface area (Å²) in [4.78, 5) is 10.7. The van der Waals surface area contributed by atoms with E-state index in [0.29, 0.717) is 11.5 Å². The normalized spacial score (nSPS) is 10.9. The van der Waals surface area contributed by atoms with Crippen molar-refractivity contribution < 1.29 is 22.7 Å². The third-order valence-electron chi connectivity index (χ3n) is 2.46. The highest BCUT2D eigenvalue weighted by molar-refractivity contribution is 7.89. The molecule has 0 spiro atoms. The second-order valence-electron chi connectivity index (χ2n) is 3.90. The third-order valence-corrected chi connectivity index (χ3v) is 3.92. The standard InChI is InChI=1S/C12H18N2O5S/c1-9(15)13-6-7-14-20(16,17)10-4-5-11(18-2)12(8-10)19-3/h4-5,8,14H,6-7H2,1-3H3,(H,13,15). The van der Waals surface area contributed by atoms with Crippen LogP contribution in [-0.2, 0) is 14.8 Å². The molecule has 20 heavy (non-hydrogen) atoms. The molecule has 7 nitrogen and oxygen atoms in total. The first kappa shape index (κ1) is 16.3. The summed E-state index contributed by atoms with van der Waals surface area (Å²) in [6.07, 6.45) is 0. The number of methoxy groups -OCH3 is 2. The fraction of sp³-hybridized carbons (Fsp3) is 0.417. The van der Waals surface area contributed by atoms with Crippen LogP contribution in [0.2, 0.25) is 0 Å². The molecule has 1 aromatic rings. The fourth-order valence-electron chi connectivity index (χ4n) is 1.49. The number of amides is 1. The van der Waals surface area contributed by atoms with Gasteiger partial charge in [0.2, 0.25) is 15.9 Å². The van der Waals surface area contributed by atoms with Crippen molar-refractivity contribution >= 4 is 15.9 Å². The van der Waals surface area contributed by atoms with Gasteiger partial charge in [0.15, 0.2) is 11.5 Å². The third kappa shape index (κ3) is 4.39. The molecular weight excluding hydrogens is 284 g/mol. The van der Waals surface area contributed by atoms with Gasteiger partial charge in [-0.2, -0.15) is 0 Å². The van der Waals surface area contributed by atoms with Crippen LogP contribution < -0.4 is 19.5 Å². The smallest absolute Gasteiger partial charge is 0.240 e. The molecule has 0 radical (unpaired) electrons. The van der Waals surface area contributed by atoms with Gasteiger partial charge in [0.05, 0.1) is 19.1 Å². The van der Waals surface area contributed by atoms with Gasteiger partial charge in [-0.15, -0.1) is 0 Å². The van der Waals surface area contributed by atoms with Crippen LogP contribution in [0.15, 0.2) is 23.1 Å². The lowest BCUT2D eigenvalue weighted by Gasteiger charge is -2.11. The summed E-state index contributed by atoms with van der Waals surface area (Å²) in [7, 11) is -0.754. The van der Waals surface area contributed by atoms with E-state index in [1.54, 1.807) is 0 Å². The van der Waals surface area contributed by atoms with Crippen molar-refractivity contribution in [2.45, 2.75) is 11.8 Å². The molecule has 1 aromatic carbocycles. The van der Waals surface area contributed by atoms with Crippen LogP contribution in [0.3, 0.4) is 0 Å². The van der Waals surface area contributed by atoms with E-state index in [9.17, 15) is 13.2 Å². The highest BCUT2D eigenvalue weighted by Crippen LogP contribution is 2.29. The van der Waals surface area contributed by atoms with E-state index in [1.165, 1.54) is 39.3 Å². The molecule has 0 saturated carbocycles. The lowest BCUT2D eigenvalue weighted by molar-refractivity contribution is -0.118. The monoisotopic (exact) mass is 302 g/mol. The maximum atomic E-state index is 12.0. The van der Waals surface area contributed by atoms with Crippen LogP contribution in [0.4, 0.5) is 0 Å². The Hall–Kier alpha value is -1.80. The summed E-state index contributed by atoms with van der Waals surface area (Å²) in [5, 5.41) is 2.50. The number of benzene rings is 1. The molecule has 0 saturated heterocycles. The summed E-state index contributed by atoms with van der Waals surface area (Å²) >= 11 is 0. The zero-order valence-electron chi connectivity index (χ0n) is 11.6. The molecule has 0 aliphatic carbocycles. The quantitative estimate of drug-likeness (QED) is 0.698. The lowest BCUT2D eigenvalue weighted by atomic mass is 10.3. The zero-order chi connectivity index (χ0) is 15.2. The Morgan fingerprint density at radius 2 is 1.80 bits per heavy atom. The largest absolute Gasteiger partial charge is 0.493 e. The minimum absolute atomic E-state index is 0.0676. The van der Waals surface area contributed by atoms with E-state index >= 15 is 0 Å². The topological polar surface area (TPSA) is 93.7 Å². The van der Waals surface area contributed by atoms with Crippen molar-refractivity contribution in [3.05, 3.63) is 18.2 Å². The Kier molecular flexibility index (Phi) is 5.78. The molecule has 0 atom stereocenters. The van der Waals surface area contributed by atoms with Crippen molar-refractivity contribution in [1.82, 2.24) is 10.0 Å². The van der Waals surface area contributed by atoms with Gasteiger partial charge in [-0.1, -0.05) is 0 Å². The maximum absolute atomic E-state index is 12.0. The predicted octanol–water partition coefficient (Wildman–Crippen LogP) is 0.118. The van der Waals surface area contributed by atoms with E-state index in [0.717, 1.165) is 0 Å². The van der Waals surface area contributed by atoms with Crippen molar-refractivity contribution in [3.8, 4) is 11.5 Å². The Morgan fingerprint density at radius 1 is 1.15 bits per heavy atom. The van der Waals surface area contributed by atoms with Crippen LogP contribution in [0.25, 0.3) is 0 Å². The second-order valence-corrected chi connectivity index (χ2v) is 5.66.